The number of amides is 2. The number of para-hydroxylation sites is 2. The van der Waals surface area contributed by atoms with E-state index in [9.17, 15) is 23.5 Å². The topological polar surface area (TPSA) is 118 Å². The van der Waals surface area contributed by atoms with Gasteiger partial charge in [0.1, 0.15) is 18.0 Å². The summed E-state index contributed by atoms with van der Waals surface area (Å²) in [6.45, 7) is 4.25. The summed E-state index contributed by atoms with van der Waals surface area (Å²) in [7, 11) is 0. The summed E-state index contributed by atoms with van der Waals surface area (Å²) in [6.07, 6.45) is 1.33. The van der Waals surface area contributed by atoms with Crippen LogP contribution in [0.5, 0.6) is 11.8 Å². The lowest BCUT2D eigenvalue weighted by molar-refractivity contribution is -0.136. The quantitative estimate of drug-likeness (QED) is 0.551. The lowest BCUT2D eigenvalue weighted by Gasteiger charge is -2.35. The van der Waals surface area contributed by atoms with Crippen LogP contribution in [-0.4, -0.2) is 62.0 Å². The SMILES string of the molecule is CC(C)[C@H](NC(=O)c1nc2ccccc2nc1O)C(=O)N1CCC(Oc2ncc(F)cc2F)CC1. The number of pyridine rings is 1. The Hall–Kier alpha value is -3.89. The maximum atomic E-state index is 13.8. The molecular weight excluding hydrogens is 460 g/mol. The summed E-state index contributed by atoms with van der Waals surface area (Å²) < 4.78 is 32.4. The van der Waals surface area contributed by atoms with E-state index >= 15 is 0 Å². The molecule has 11 heteroatoms. The summed E-state index contributed by atoms with van der Waals surface area (Å²) in [5, 5.41) is 12.9. The van der Waals surface area contributed by atoms with Crippen molar-refractivity contribution in [3.8, 4) is 11.8 Å². The maximum absolute atomic E-state index is 13.8. The van der Waals surface area contributed by atoms with Gasteiger partial charge in [-0.1, -0.05) is 26.0 Å². The van der Waals surface area contributed by atoms with Gasteiger partial charge in [0.25, 0.3) is 11.8 Å². The molecule has 1 aromatic carbocycles. The van der Waals surface area contributed by atoms with Crippen LogP contribution in [0, 0.1) is 17.6 Å². The third kappa shape index (κ3) is 5.44. The van der Waals surface area contributed by atoms with Gasteiger partial charge in [-0.2, -0.15) is 0 Å². The van der Waals surface area contributed by atoms with Gasteiger partial charge in [-0.15, -0.1) is 0 Å². The zero-order valence-electron chi connectivity index (χ0n) is 19.2. The fourth-order valence-corrected chi connectivity index (χ4v) is 3.90. The van der Waals surface area contributed by atoms with Crippen LogP contribution >= 0.6 is 0 Å². The molecule has 0 spiro atoms. The van der Waals surface area contributed by atoms with Crippen molar-refractivity contribution in [2.24, 2.45) is 5.92 Å². The molecule has 3 heterocycles. The minimum atomic E-state index is -0.883. The number of aromatic hydroxyl groups is 1. The van der Waals surface area contributed by atoms with Crippen LogP contribution in [0.1, 0.15) is 37.2 Å². The minimum absolute atomic E-state index is 0.242. The van der Waals surface area contributed by atoms with Gasteiger partial charge >= 0.3 is 0 Å². The number of ether oxygens (including phenoxy) is 1. The Morgan fingerprint density at radius 3 is 2.43 bits per heavy atom. The highest BCUT2D eigenvalue weighted by Crippen LogP contribution is 2.22. The van der Waals surface area contributed by atoms with Crippen LogP contribution in [0.4, 0.5) is 8.78 Å². The van der Waals surface area contributed by atoms with Crippen LogP contribution in [0.3, 0.4) is 0 Å². The molecular formula is C24H25F2N5O4. The van der Waals surface area contributed by atoms with Crippen molar-refractivity contribution in [2.75, 3.05) is 13.1 Å². The Labute approximate surface area is 200 Å². The second kappa shape index (κ2) is 10.2. The van der Waals surface area contributed by atoms with Crippen molar-refractivity contribution in [1.82, 2.24) is 25.2 Å². The maximum Gasteiger partial charge on any atom is 0.276 e. The highest BCUT2D eigenvalue weighted by atomic mass is 19.1. The van der Waals surface area contributed by atoms with Crippen LogP contribution in [0.15, 0.2) is 36.5 Å². The molecule has 1 fully saturated rings. The molecule has 1 saturated heterocycles. The third-order valence-electron chi connectivity index (χ3n) is 5.79. The first-order valence-corrected chi connectivity index (χ1v) is 11.3. The van der Waals surface area contributed by atoms with E-state index in [1.807, 2.05) is 0 Å². The highest BCUT2D eigenvalue weighted by Gasteiger charge is 2.33. The van der Waals surface area contributed by atoms with E-state index in [2.05, 4.69) is 20.3 Å². The standard InChI is InChI=1S/C24H25F2N5O4/c1-13(2)19(30-22(33)20-21(32)29-18-6-4-3-5-17(18)28-20)24(34)31-9-7-15(8-10-31)35-23-16(26)11-14(25)12-27-23/h3-6,11-13,15,19H,7-10H2,1-2H3,(H,29,32)(H,30,33)/t19-/m0/s1. The van der Waals surface area contributed by atoms with Gasteiger partial charge in [-0.25, -0.2) is 23.7 Å². The molecule has 0 aliphatic carbocycles. The molecule has 1 aliphatic heterocycles. The third-order valence-corrected chi connectivity index (χ3v) is 5.79. The molecule has 9 nitrogen and oxygen atoms in total. The Morgan fingerprint density at radius 1 is 1.14 bits per heavy atom. The number of nitrogens with one attached hydrogen (secondary N) is 1. The first kappa shape index (κ1) is 24.2. The van der Waals surface area contributed by atoms with Crippen molar-refractivity contribution in [3.05, 3.63) is 53.9 Å². The molecule has 2 amide bonds. The van der Waals surface area contributed by atoms with Gasteiger partial charge < -0.3 is 20.1 Å². The molecule has 184 valence electrons. The molecule has 0 bridgehead atoms. The van der Waals surface area contributed by atoms with Gasteiger partial charge in [-0.05, 0) is 18.1 Å². The largest absolute Gasteiger partial charge is 0.492 e. The summed E-state index contributed by atoms with van der Waals surface area (Å²) in [5.74, 6) is -3.70. The van der Waals surface area contributed by atoms with Crippen molar-refractivity contribution in [2.45, 2.75) is 38.8 Å². The number of benzene rings is 1. The lowest BCUT2D eigenvalue weighted by Crippen LogP contribution is -2.53. The van der Waals surface area contributed by atoms with Gasteiger partial charge in [0, 0.05) is 32.0 Å². The molecule has 35 heavy (non-hydrogen) atoms. The van der Waals surface area contributed by atoms with E-state index < -0.39 is 29.5 Å². The monoisotopic (exact) mass is 485 g/mol. The normalized spacial score (nSPS) is 15.3. The van der Waals surface area contributed by atoms with Crippen molar-refractivity contribution < 1.29 is 28.2 Å². The molecule has 0 unspecified atom stereocenters. The number of carbonyl (C=O) groups is 2. The average molecular weight is 485 g/mol. The Kier molecular flexibility index (Phi) is 7.04. The number of halogens is 2. The van der Waals surface area contributed by atoms with Gasteiger partial charge in [0.05, 0.1) is 17.2 Å². The van der Waals surface area contributed by atoms with Crippen molar-refractivity contribution in [3.63, 3.8) is 0 Å². The molecule has 1 aliphatic rings. The molecule has 1 atom stereocenters. The van der Waals surface area contributed by atoms with E-state index in [0.29, 0.717) is 43.0 Å². The summed E-state index contributed by atoms with van der Waals surface area (Å²) in [5.41, 5.74) is 0.624. The fourth-order valence-electron chi connectivity index (χ4n) is 3.90. The molecule has 0 radical (unpaired) electrons. The first-order chi connectivity index (χ1) is 16.7. The minimum Gasteiger partial charge on any atom is -0.492 e. The number of rotatable bonds is 6. The first-order valence-electron chi connectivity index (χ1n) is 11.3. The zero-order chi connectivity index (χ0) is 25.1. The summed E-state index contributed by atoms with van der Waals surface area (Å²) in [6, 6.07) is 6.66. The summed E-state index contributed by atoms with van der Waals surface area (Å²) in [4.78, 5) is 39.5. The number of aromatic nitrogens is 3. The van der Waals surface area contributed by atoms with Crippen LogP contribution in [0.2, 0.25) is 0 Å². The van der Waals surface area contributed by atoms with Crippen LogP contribution < -0.4 is 10.1 Å². The number of nitrogens with zero attached hydrogens (tertiary/aromatic N) is 4. The summed E-state index contributed by atoms with van der Waals surface area (Å²) >= 11 is 0. The molecule has 3 aromatic rings. The second-order valence-corrected chi connectivity index (χ2v) is 8.66. The van der Waals surface area contributed by atoms with Crippen LogP contribution in [-0.2, 0) is 4.79 Å². The lowest BCUT2D eigenvalue weighted by atomic mass is 10.00. The van der Waals surface area contributed by atoms with Gasteiger partial charge in [0.15, 0.2) is 11.5 Å². The molecule has 2 N–H and O–H groups in total. The number of likely N-dealkylation sites (tertiary alicyclic amines) is 1. The predicted molar refractivity (Wildman–Crippen MR) is 122 cm³/mol. The number of hydrogen-bond donors (Lipinski definition) is 2. The van der Waals surface area contributed by atoms with Crippen molar-refractivity contribution >= 4 is 22.8 Å². The smallest absolute Gasteiger partial charge is 0.276 e. The van der Waals surface area contributed by atoms with Gasteiger partial charge in [-0.3, -0.25) is 9.59 Å². The predicted octanol–water partition coefficient (Wildman–Crippen LogP) is 2.83. The Morgan fingerprint density at radius 2 is 1.80 bits per heavy atom. The number of piperidine rings is 1. The highest BCUT2D eigenvalue weighted by molar-refractivity contribution is 5.99. The zero-order valence-corrected chi connectivity index (χ0v) is 19.2. The van der Waals surface area contributed by atoms with E-state index in [1.165, 1.54) is 0 Å². The van der Waals surface area contributed by atoms with Gasteiger partial charge in [0.2, 0.25) is 11.8 Å². The number of fused-ring (bicyclic) bond motifs is 1. The fraction of sp³-hybridized carbons (Fsp3) is 0.375. The van der Waals surface area contributed by atoms with Crippen molar-refractivity contribution in [1.29, 1.82) is 0 Å². The average Bonchev–Trinajstić information content (AvgIpc) is 2.83. The molecule has 4 rings (SSSR count). The number of hydrogen-bond acceptors (Lipinski definition) is 7. The van der Waals surface area contributed by atoms with E-state index in [0.717, 1.165) is 6.20 Å². The van der Waals surface area contributed by atoms with E-state index in [1.54, 1.807) is 43.0 Å². The molecule has 2 aromatic heterocycles. The van der Waals surface area contributed by atoms with E-state index in [-0.39, 0.29) is 29.5 Å². The second-order valence-electron chi connectivity index (χ2n) is 8.66. The molecule has 0 saturated carbocycles. The Bertz CT molecular complexity index is 1250. The van der Waals surface area contributed by atoms with E-state index in [4.69, 9.17) is 4.74 Å². The Balaban J connectivity index is 1.40. The van der Waals surface area contributed by atoms with Crippen LogP contribution in [0.25, 0.3) is 11.0 Å². The number of carbonyl (C=O) groups excluding carboxylic acids is 2.